The van der Waals surface area contributed by atoms with Gasteiger partial charge in [-0.3, -0.25) is 0 Å². The topological polar surface area (TPSA) is 24.5 Å². The van der Waals surface area contributed by atoms with Gasteiger partial charge < -0.3 is 15.0 Å². The fourth-order valence-corrected chi connectivity index (χ4v) is 2.29. The lowest BCUT2D eigenvalue weighted by Crippen LogP contribution is -2.48. The highest BCUT2D eigenvalue weighted by Crippen LogP contribution is 2.31. The molecule has 0 aliphatic rings. The Bertz CT molecular complexity index is 380. The SMILES string of the molecule is CNCC(C)(C)N(C)c1ccc(OC)c(Br)c1. The first-order valence-corrected chi connectivity index (χ1v) is 6.43. The van der Waals surface area contributed by atoms with Crippen LogP contribution in [0.1, 0.15) is 13.8 Å². The van der Waals surface area contributed by atoms with Crippen molar-refractivity contribution in [3.05, 3.63) is 22.7 Å². The van der Waals surface area contributed by atoms with Crippen molar-refractivity contribution in [2.24, 2.45) is 0 Å². The summed E-state index contributed by atoms with van der Waals surface area (Å²) in [4.78, 5) is 2.26. The summed E-state index contributed by atoms with van der Waals surface area (Å²) in [5, 5.41) is 3.22. The molecule has 17 heavy (non-hydrogen) atoms. The summed E-state index contributed by atoms with van der Waals surface area (Å²) in [7, 11) is 5.75. The van der Waals surface area contributed by atoms with Crippen molar-refractivity contribution >= 4 is 21.6 Å². The van der Waals surface area contributed by atoms with Gasteiger partial charge in [-0.2, -0.15) is 0 Å². The third kappa shape index (κ3) is 3.36. The van der Waals surface area contributed by atoms with E-state index in [0.717, 1.165) is 22.5 Å². The van der Waals surface area contributed by atoms with E-state index in [9.17, 15) is 0 Å². The van der Waals surface area contributed by atoms with Gasteiger partial charge in [0, 0.05) is 24.8 Å². The molecular formula is C13H21BrN2O. The zero-order valence-electron chi connectivity index (χ0n) is 11.2. The maximum Gasteiger partial charge on any atom is 0.133 e. The van der Waals surface area contributed by atoms with Gasteiger partial charge in [0.25, 0.3) is 0 Å². The smallest absolute Gasteiger partial charge is 0.133 e. The van der Waals surface area contributed by atoms with Crippen LogP contribution in [0.4, 0.5) is 5.69 Å². The van der Waals surface area contributed by atoms with Crippen molar-refractivity contribution in [2.45, 2.75) is 19.4 Å². The fraction of sp³-hybridized carbons (Fsp3) is 0.538. The molecule has 0 aliphatic heterocycles. The largest absolute Gasteiger partial charge is 0.496 e. The Morgan fingerprint density at radius 2 is 2.06 bits per heavy atom. The molecule has 0 heterocycles. The predicted octanol–water partition coefficient (Wildman–Crippen LogP) is 2.89. The maximum absolute atomic E-state index is 5.24. The number of anilines is 1. The van der Waals surface area contributed by atoms with Crippen LogP contribution in [0.15, 0.2) is 22.7 Å². The van der Waals surface area contributed by atoms with Crippen LogP contribution < -0.4 is 15.0 Å². The highest BCUT2D eigenvalue weighted by molar-refractivity contribution is 9.10. The monoisotopic (exact) mass is 300 g/mol. The molecule has 0 radical (unpaired) electrons. The quantitative estimate of drug-likeness (QED) is 0.905. The molecule has 1 aromatic rings. The van der Waals surface area contributed by atoms with Crippen LogP contribution in [0.25, 0.3) is 0 Å². The van der Waals surface area contributed by atoms with Gasteiger partial charge in [-0.25, -0.2) is 0 Å². The molecule has 1 rings (SSSR count). The molecule has 96 valence electrons. The summed E-state index contributed by atoms with van der Waals surface area (Å²) in [6.07, 6.45) is 0. The highest BCUT2D eigenvalue weighted by Gasteiger charge is 2.23. The average molecular weight is 301 g/mol. The van der Waals surface area contributed by atoms with E-state index < -0.39 is 0 Å². The van der Waals surface area contributed by atoms with Crippen LogP contribution in [-0.2, 0) is 0 Å². The molecule has 1 N–H and O–H groups in total. The molecule has 0 fully saturated rings. The van der Waals surface area contributed by atoms with Crippen molar-refractivity contribution in [1.29, 1.82) is 0 Å². The van der Waals surface area contributed by atoms with Crippen molar-refractivity contribution < 1.29 is 4.74 Å². The number of nitrogens with one attached hydrogen (secondary N) is 1. The Kier molecular flexibility index (Phi) is 4.83. The first kappa shape index (κ1) is 14.3. The number of methoxy groups -OCH3 is 1. The normalized spacial score (nSPS) is 11.4. The van der Waals surface area contributed by atoms with Crippen LogP contribution in [0, 0.1) is 0 Å². The molecular weight excluding hydrogens is 280 g/mol. The van der Waals surface area contributed by atoms with Crippen LogP contribution in [0.3, 0.4) is 0 Å². The predicted molar refractivity (Wildman–Crippen MR) is 77.1 cm³/mol. The maximum atomic E-state index is 5.24. The second-order valence-corrected chi connectivity index (χ2v) is 5.57. The van der Waals surface area contributed by atoms with Gasteiger partial charge in [0.2, 0.25) is 0 Å². The van der Waals surface area contributed by atoms with Gasteiger partial charge in [-0.15, -0.1) is 0 Å². The lowest BCUT2D eigenvalue weighted by atomic mass is 10.0. The number of benzene rings is 1. The Morgan fingerprint density at radius 1 is 1.41 bits per heavy atom. The van der Waals surface area contributed by atoms with Crippen LogP contribution in [0.5, 0.6) is 5.75 Å². The van der Waals surface area contributed by atoms with Crippen molar-refractivity contribution in [1.82, 2.24) is 5.32 Å². The summed E-state index contributed by atoms with van der Waals surface area (Å²) < 4.78 is 6.21. The molecule has 4 heteroatoms. The zero-order chi connectivity index (χ0) is 13.1. The first-order valence-electron chi connectivity index (χ1n) is 5.64. The van der Waals surface area contributed by atoms with E-state index in [2.05, 4.69) is 59.2 Å². The lowest BCUT2D eigenvalue weighted by Gasteiger charge is -2.37. The standard InChI is InChI=1S/C13H21BrN2O/c1-13(2,9-15-3)16(4)10-6-7-12(17-5)11(14)8-10/h6-8,15H,9H2,1-5H3. The minimum absolute atomic E-state index is 0.0583. The second kappa shape index (κ2) is 5.74. The minimum atomic E-state index is 0.0583. The second-order valence-electron chi connectivity index (χ2n) is 4.72. The van der Waals surface area contributed by atoms with Gasteiger partial charge in [0.05, 0.1) is 11.6 Å². The Hall–Kier alpha value is -0.740. The summed E-state index contributed by atoms with van der Waals surface area (Å²) in [6.45, 7) is 5.34. The Labute approximate surface area is 112 Å². The number of halogens is 1. The Morgan fingerprint density at radius 3 is 2.53 bits per heavy atom. The van der Waals surface area contributed by atoms with E-state index >= 15 is 0 Å². The van der Waals surface area contributed by atoms with E-state index in [1.807, 2.05) is 13.1 Å². The first-order chi connectivity index (χ1) is 7.92. The Balaban J connectivity index is 2.96. The number of hydrogen-bond acceptors (Lipinski definition) is 3. The molecule has 1 aromatic carbocycles. The number of rotatable bonds is 5. The average Bonchev–Trinajstić information content (AvgIpc) is 2.27. The summed E-state index contributed by atoms with van der Waals surface area (Å²) in [5.74, 6) is 0.855. The van der Waals surface area contributed by atoms with E-state index in [4.69, 9.17) is 4.74 Å². The van der Waals surface area contributed by atoms with Gasteiger partial charge in [-0.05, 0) is 55.0 Å². The van der Waals surface area contributed by atoms with Gasteiger partial charge in [0.15, 0.2) is 0 Å². The zero-order valence-corrected chi connectivity index (χ0v) is 12.8. The third-order valence-corrected chi connectivity index (χ3v) is 3.66. The van der Waals surface area contributed by atoms with Crippen molar-refractivity contribution in [3.63, 3.8) is 0 Å². The molecule has 0 atom stereocenters. The van der Waals surface area contributed by atoms with Crippen LogP contribution in [0.2, 0.25) is 0 Å². The summed E-state index contributed by atoms with van der Waals surface area (Å²) in [5.41, 5.74) is 1.22. The van der Waals surface area contributed by atoms with Crippen molar-refractivity contribution in [3.8, 4) is 5.75 Å². The number of likely N-dealkylation sites (N-methyl/N-ethyl adjacent to an activating group) is 2. The van der Waals surface area contributed by atoms with Crippen LogP contribution >= 0.6 is 15.9 Å². The van der Waals surface area contributed by atoms with Gasteiger partial charge in [-0.1, -0.05) is 0 Å². The third-order valence-electron chi connectivity index (χ3n) is 3.04. The molecule has 0 unspecified atom stereocenters. The highest BCUT2D eigenvalue weighted by atomic mass is 79.9. The number of nitrogens with zero attached hydrogens (tertiary/aromatic N) is 1. The number of hydrogen-bond donors (Lipinski definition) is 1. The van der Waals surface area contributed by atoms with Gasteiger partial charge >= 0.3 is 0 Å². The molecule has 0 spiro atoms. The molecule has 0 aromatic heterocycles. The van der Waals surface area contributed by atoms with E-state index in [1.54, 1.807) is 7.11 Å². The molecule has 0 amide bonds. The van der Waals surface area contributed by atoms with E-state index in [-0.39, 0.29) is 5.54 Å². The van der Waals surface area contributed by atoms with Crippen molar-refractivity contribution in [2.75, 3.05) is 32.6 Å². The van der Waals surface area contributed by atoms with E-state index in [1.165, 1.54) is 0 Å². The molecule has 0 aliphatic carbocycles. The summed E-state index contributed by atoms with van der Waals surface area (Å²) in [6, 6.07) is 6.13. The van der Waals surface area contributed by atoms with E-state index in [0.29, 0.717) is 0 Å². The lowest BCUT2D eigenvalue weighted by molar-refractivity contribution is 0.411. The molecule has 0 saturated heterocycles. The molecule has 0 saturated carbocycles. The fourth-order valence-electron chi connectivity index (χ4n) is 1.76. The van der Waals surface area contributed by atoms with Crippen LogP contribution in [-0.4, -0.2) is 33.3 Å². The minimum Gasteiger partial charge on any atom is -0.496 e. The summed E-state index contributed by atoms with van der Waals surface area (Å²) >= 11 is 3.51. The van der Waals surface area contributed by atoms with Gasteiger partial charge in [0.1, 0.15) is 5.75 Å². The molecule has 0 bridgehead atoms. The number of ether oxygens (including phenoxy) is 1. The molecule has 3 nitrogen and oxygen atoms in total.